The number of hydrogen-bond acceptors (Lipinski definition) is 3. The van der Waals surface area contributed by atoms with Crippen molar-refractivity contribution in [1.82, 2.24) is 4.90 Å². The summed E-state index contributed by atoms with van der Waals surface area (Å²) in [5.74, 6) is 1.56. The molecule has 0 aromatic rings. The van der Waals surface area contributed by atoms with Crippen molar-refractivity contribution < 1.29 is 9.53 Å². The average molecular weight is 281 g/mol. The highest BCUT2D eigenvalue weighted by atomic mass is 16.5. The van der Waals surface area contributed by atoms with Crippen LogP contribution in [0.5, 0.6) is 0 Å². The van der Waals surface area contributed by atoms with Crippen LogP contribution in [0, 0.1) is 17.3 Å². The molecule has 2 unspecified atom stereocenters. The number of methoxy groups -OCH3 is 1. The summed E-state index contributed by atoms with van der Waals surface area (Å²) < 4.78 is 5.25. The van der Waals surface area contributed by atoms with E-state index in [9.17, 15) is 4.79 Å². The van der Waals surface area contributed by atoms with Crippen molar-refractivity contribution in [3.8, 4) is 0 Å². The van der Waals surface area contributed by atoms with Crippen LogP contribution < -0.4 is 0 Å². The normalized spacial score (nSPS) is 27.9. The van der Waals surface area contributed by atoms with Gasteiger partial charge in [-0.3, -0.25) is 9.69 Å². The van der Waals surface area contributed by atoms with Gasteiger partial charge < -0.3 is 4.74 Å². The molecule has 2 rings (SSSR count). The zero-order valence-corrected chi connectivity index (χ0v) is 13.7. The molecular formula is C17H31NO2. The summed E-state index contributed by atoms with van der Waals surface area (Å²) >= 11 is 0. The Morgan fingerprint density at radius 2 is 2.10 bits per heavy atom. The van der Waals surface area contributed by atoms with Crippen LogP contribution >= 0.6 is 0 Å². The third-order valence-corrected chi connectivity index (χ3v) is 5.22. The maximum absolute atomic E-state index is 12.2. The van der Waals surface area contributed by atoms with E-state index in [1.54, 1.807) is 7.11 Å². The van der Waals surface area contributed by atoms with Gasteiger partial charge in [-0.25, -0.2) is 0 Å². The van der Waals surface area contributed by atoms with Crippen LogP contribution in [0.1, 0.15) is 52.9 Å². The third kappa shape index (κ3) is 4.29. The Balaban J connectivity index is 1.95. The number of Topliss-reactive ketones (excluding diaryl/α,β-unsaturated/α-hetero) is 1. The minimum Gasteiger partial charge on any atom is -0.383 e. The molecule has 0 bridgehead atoms. The maximum atomic E-state index is 12.2. The molecule has 0 N–H and O–H groups in total. The van der Waals surface area contributed by atoms with Gasteiger partial charge in [-0.1, -0.05) is 13.8 Å². The first-order chi connectivity index (χ1) is 9.43. The fourth-order valence-corrected chi connectivity index (χ4v) is 3.54. The van der Waals surface area contributed by atoms with Gasteiger partial charge in [-0.05, 0) is 43.9 Å². The first-order valence-corrected chi connectivity index (χ1v) is 8.18. The van der Waals surface area contributed by atoms with Crippen LogP contribution in [-0.4, -0.2) is 43.5 Å². The lowest BCUT2D eigenvalue weighted by Crippen LogP contribution is -2.44. The molecule has 0 aromatic heterocycles. The Labute approximate surface area is 124 Å². The van der Waals surface area contributed by atoms with Crippen molar-refractivity contribution in [2.24, 2.45) is 17.3 Å². The highest BCUT2D eigenvalue weighted by molar-refractivity contribution is 5.82. The van der Waals surface area contributed by atoms with Gasteiger partial charge in [0.05, 0.1) is 6.61 Å². The number of ketones is 1. The number of hydrogen-bond donors (Lipinski definition) is 0. The molecule has 0 amide bonds. The molecule has 0 aromatic carbocycles. The van der Waals surface area contributed by atoms with Gasteiger partial charge in [0, 0.05) is 38.6 Å². The van der Waals surface area contributed by atoms with Crippen molar-refractivity contribution in [3.63, 3.8) is 0 Å². The molecule has 0 heterocycles. The summed E-state index contributed by atoms with van der Waals surface area (Å²) in [5, 5.41) is 0. The Morgan fingerprint density at radius 1 is 1.40 bits per heavy atom. The van der Waals surface area contributed by atoms with Crippen molar-refractivity contribution in [1.29, 1.82) is 0 Å². The fourth-order valence-electron chi connectivity index (χ4n) is 3.54. The summed E-state index contributed by atoms with van der Waals surface area (Å²) in [6.45, 7) is 9.58. The van der Waals surface area contributed by atoms with Gasteiger partial charge in [0.2, 0.25) is 0 Å². The van der Waals surface area contributed by atoms with E-state index in [1.165, 1.54) is 12.8 Å². The summed E-state index contributed by atoms with van der Waals surface area (Å²) in [6, 6.07) is 0.600. The molecule has 0 spiro atoms. The molecule has 2 aliphatic carbocycles. The molecule has 3 nitrogen and oxygen atoms in total. The van der Waals surface area contributed by atoms with Gasteiger partial charge in [0.15, 0.2) is 0 Å². The first kappa shape index (κ1) is 16.0. The Bertz CT molecular complexity index is 336. The number of nitrogens with zero attached hydrogens (tertiary/aromatic N) is 1. The molecule has 2 saturated carbocycles. The van der Waals surface area contributed by atoms with Crippen molar-refractivity contribution in [2.45, 2.75) is 58.9 Å². The zero-order valence-electron chi connectivity index (χ0n) is 13.7. The van der Waals surface area contributed by atoms with Crippen LogP contribution in [0.2, 0.25) is 0 Å². The monoisotopic (exact) mass is 281 g/mol. The van der Waals surface area contributed by atoms with E-state index < -0.39 is 0 Å². The van der Waals surface area contributed by atoms with Gasteiger partial charge in [-0.15, -0.1) is 0 Å². The smallest absolute Gasteiger partial charge is 0.137 e. The van der Waals surface area contributed by atoms with Crippen molar-refractivity contribution in [2.75, 3.05) is 26.8 Å². The van der Waals surface area contributed by atoms with Crippen LogP contribution in [-0.2, 0) is 9.53 Å². The van der Waals surface area contributed by atoms with Gasteiger partial charge >= 0.3 is 0 Å². The van der Waals surface area contributed by atoms with Crippen LogP contribution in [0.4, 0.5) is 0 Å². The number of ether oxygens (including phenoxy) is 1. The molecular weight excluding hydrogens is 250 g/mol. The molecule has 20 heavy (non-hydrogen) atoms. The highest BCUT2D eigenvalue weighted by Gasteiger charge is 2.37. The topological polar surface area (TPSA) is 29.5 Å². The van der Waals surface area contributed by atoms with E-state index in [-0.39, 0.29) is 5.92 Å². The lowest BCUT2D eigenvalue weighted by atomic mass is 9.71. The minimum absolute atomic E-state index is 0.233. The standard InChI is InChI=1S/C17H31NO2/c1-13(14-5-6-14)18(9-10-20-4)12-15-11-17(2,3)8-7-16(15)19/h13-15H,5-12H2,1-4H3. The second kappa shape index (κ2) is 6.57. The first-order valence-electron chi connectivity index (χ1n) is 8.18. The lowest BCUT2D eigenvalue weighted by Gasteiger charge is -2.38. The van der Waals surface area contributed by atoms with E-state index in [0.29, 0.717) is 17.2 Å². The van der Waals surface area contributed by atoms with Crippen LogP contribution in [0.15, 0.2) is 0 Å². The van der Waals surface area contributed by atoms with E-state index in [4.69, 9.17) is 4.74 Å². The lowest BCUT2D eigenvalue weighted by molar-refractivity contribution is -0.128. The SMILES string of the molecule is COCCN(CC1CC(C)(C)CCC1=O)C(C)C1CC1. The predicted octanol–water partition coefficient (Wildman–Crippen LogP) is 3.13. The number of rotatable bonds is 7. The van der Waals surface area contributed by atoms with Gasteiger partial charge in [0.25, 0.3) is 0 Å². The van der Waals surface area contributed by atoms with Gasteiger partial charge in [0.1, 0.15) is 5.78 Å². The molecule has 3 heteroatoms. The van der Waals surface area contributed by atoms with Crippen LogP contribution in [0.25, 0.3) is 0 Å². The molecule has 0 saturated heterocycles. The van der Waals surface area contributed by atoms with Crippen LogP contribution in [0.3, 0.4) is 0 Å². The minimum atomic E-state index is 0.233. The van der Waals surface area contributed by atoms with E-state index >= 15 is 0 Å². The fraction of sp³-hybridized carbons (Fsp3) is 0.941. The zero-order chi connectivity index (χ0) is 14.8. The van der Waals surface area contributed by atoms with E-state index in [2.05, 4.69) is 25.7 Å². The molecule has 2 atom stereocenters. The average Bonchev–Trinajstić information content (AvgIpc) is 3.22. The van der Waals surface area contributed by atoms with Crippen molar-refractivity contribution in [3.05, 3.63) is 0 Å². The number of carbonyl (C=O) groups is 1. The molecule has 2 fully saturated rings. The summed E-state index contributed by atoms with van der Waals surface area (Å²) in [5.41, 5.74) is 0.328. The Hall–Kier alpha value is -0.410. The summed E-state index contributed by atoms with van der Waals surface area (Å²) in [4.78, 5) is 14.7. The Morgan fingerprint density at radius 3 is 2.70 bits per heavy atom. The summed E-state index contributed by atoms with van der Waals surface area (Å²) in [7, 11) is 1.76. The molecule has 2 aliphatic rings. The second-order valence-electron chi connectivity index (χ2n) is 7.60. The molecule has 0 radical (unpaired) electrons. The predicted molar refractivity (Wildman–Crippen MR) is 81.8 cm³/mol. The quantitative estimate of drug-likeness (QED) is 0.718. The second-order valence-corrected chi connectivity index (χ2v) is 7.60. The Kier molecular flexibility index (Phi) is 5.25. The number of carbonyl (C=O) groups excluding carboxylic acids is 1. The summed E-state index contributed by atoms with van der Waals surface area (Å²) in [6.07, 6.45) is 5.59. The largest absolute Gasteiger partial charge is 0.383 e. The van der Waals surface area contributed by atoms with E-state index in [0.717, 1.165) is 44.9 Å². The third-order valence-electron chi connectivity index (χ3n) is 5.22. The molecule has 0 aliphatic heterocycles. The van der Waals surface area contributed by atoms with Crippen molar-refractivity contribution >= 4 is 5.78 Å². The molecule has 116 valence electrons. The van der Waals surface area contributed by atoms with E-state index in [1.807, 2.05) is 0 Å². The van der Waals surface area contributed by atoms with Gasteiger partial charge in [-0.2, -0.15) is 0 Å². The maximum Gasteiger partial charge on any atom is 0.137 e. The highest BCUT2D eigenvalue weighted by Crippen LogP contribution is 2.39.